The van der Waals surface area contributed by atoms with E-state index in [1.165, 1.54) is 13.1 Å². The average molecular weight is 387 g/mol. The first-order valence-corrected chi connectivity index (χ1v) is 8.52. The van der Waals surface area contributed by atoms with Gasteiger partial charge in [-0.15, -0.1) is 0 Å². The number of alkyl halides is 3. The minimum atomic E-state index is -4.53. The minimum Gasteiger partial charge on any atom is -0.325 e. The molecule has 0 aliphatic carbocycles. The fraction of sp³-hybridized carbons (Fsp3) is 0.211. The number of hydrazine groups is 1. The van der Waals surface area contributed by atoms with Crippen LogP contribution in [-0.4, -0.2) is 27.4 Å². The van der Waals surface area contributed by atoms with E-state index in [0.29, 0.717) is 40.5 Å². The number of halogens is 3. The smallest absolute Gasteiger partial charge is 0.325 e. The molecule has 0 fully saturated rings. The van der Waals surface area contributed by atoms with Gasteiger partial charge in [0.05, 0.1) is 11.3 Å². The van der Waals surface area contributed by atoms with Gasteiger partial charge in [0.25, 0.3) is 5.91 Å². The Morgan fingerprint density at radius 1 is 1.18 bits per heavy atom. The lowest BCUT2D eigenvalue weighted by Gasteiger charge is -2.29. The molecule has 28 heavy (non-hydrogen) atoms. The maximum Gasteiger partial charge on any atom is 0.418 e. The van der Waals surface area contributed by atoms with Gasteiger partial charge in [-0.3, -0.25) is 19.8 Å². The van der Waals surface area contributed by atoms with Crippen LogP contribution in [0.3, 0.4) is 0 Å². The van der Waals surface area contributed by atoms with Crippen LogP contribution in [-0.2, 0) is 11.0 Å². The summed E-state index contributed by atoms with van der Waals surface area (Å²) in [5.41, 5.74) is 5.05. The normalized spacial score (nSPS) is 16.5. The molecule has 144 valence electrons. The predicted molar refractivity (Wildman–Crippen MR) is 96.0 cm³/mol. The molecule has 9 heteroatoms. The summed E-state index contributed by atoms with van der Waals surface area (Å²) in [5, 5.41) is 4.18. The highest BCUT2D eigenvalue weighted by Crippen LogP contribution is 2.40. The molecule has 0 unspecified atom stereocenters. The van der Waals surface area contributed by atoms with Crippen LogP contribution in [0.25, 0.3) is 16.8 Å². The number of carbonyl (C=O) groups excluding carboxylic acids is 1. The van der Waals surface area contributed by atoms with Crippen LogP contribution in [0.2, 0.25) is 0 Å². The maximum atomic E-state index is 13.5. The number of pyridine rings is 2. The van der Waals surface area contributed by atoms with Gasteiger partial charge in [0.15, 0.2) is 0 Å². The van der Waals surface area contributed by atoms with E-state index in [9.17, 15) is 18.0 Å². The van der Waals surface area contributed by atoms with Crippen LogP contribution in [0.4, 0.5) is 13.2 Å². The van der Waals surface area contributed by atoms with Crippen molar-refractivity contribution in [2.24, 2.45) is 0 Å². The Hall–Kier alpha value is -3.20. The van der Waals surface area contributed by atoms with E-state index in [2.05, 4.69) is 20.7 Å². The zero-order chi connectivity index (χ0) is 20.1. The Kier molecular flexibility index (Phi) is 4.19. The van der Waals surface area contributed by atoms with E-state index in [-0.39, 0.29) is 11.5 Å². The molecule has 2 aromatic heterocycles. The van der Waals surface area contributed by atoms with Crippen molar-refractivity contribution < 1.29 is 18.0 Å². The summed E-state index contributed by atoms with van der Waals surface area (Å²) in [4.78, 5) is 20.3. The van der Waals surface area contributed by atoms with Gasteiger partial charge in [-0.2, -0.15) is 13.2 Å². The molecule has 2 N–H and O–H groups in total. The Morgan fingerprint density at radius 3 is 2.68 bits per heavy atom. The average Bonchev–Trinajstić information content (AvgIpc) is 3.11. The van der Waals surface area contributed by atoms with Crippen LogP contribution in [0.5, 0.6) is 0 Å². The lowest BCUT2D eigenvalue weighted by Crippen LogP contribution is -2.41. The second-order valence-corrected chi connectivity index (χ2v) is 6.49. The first-order valence-electron chi connectivity index (χ1n) is 8.52. The molecular weight excluding hydrogens is 371 g/mol. The number of aryl methyl sites for hydroxylation is 1. The molecule has 1 amide bonds. The summed E-state index contributed by atoms with van der Waals surface area (Å²) in [5.74, 6) is -0.293. The molecule has 4 rings (SSSR count). The Morgan fingerprint density at radius 2 is 1.96 bits per heavy atom. The van der Waals surface area contributed by atoms with Gasteiger partial charge in [0.1, 0.15) is 11.4 Å². The molecular formula is C19H16F3N5O. The lowest BCUT2D eigenvalue weighted by molar-refractivity contribution is -0.138. The molecule has 0 saturated heterocycles. The second kappa shape index (κ2) is 6.45. The minimum absolute atomic E-state index is 0.0608. The van der Waals surface area contributed by atoms with Gasteiger partial charge >= 0.3 is 6.18 Å². The molecule has 0 aromatic carbocycles. The first-order chi connectivity index (χ1) is 13.3. The van der Waals surface area contributed by atoms with E-state index < -0.39 is 11.7 Å². The summed E-state index contributed by atoms with van der Waals surface area (Å²) in [6.45, 7) is 3.63. The van der Waals surface area contributed by atoms with Crippen molar-refractivity contribution in [1.82, 2.24) is 25.7 Å². The SMILES string of the molecule is Cc1cc(-c2c(C3=CNC(=O)C4=CCNN43)ncc(C(F)(F)F)c2C)ccn1. The van der Waals surface area contributed by atoms with Crippen molar-refractivity contribution >= 4 is 11.6 Å². The van der Waals surface area contributed by atoms with Crippen molar-refractivity contribution in [3.8, 4) is 11.1 Å². The number of nitrogens with one attached hydrogen (secondary N) is 2. The monoisotopic (exact) mass is 387 g/mol. The number of nitrogens with zero attached hydrogens (tertiary/aromatic N) is 3. The van der Waals surface area contributed by atoms with Gasteiger partial charge in [-0.05, 0) is 43.2 Å². The standard InChI is InChI=1S/C19H16F3N5O/c1-10-7-12(3-5-23-10)16-11(2)13(19(20,21)22)8-24-17(16)15-9-25-18(28)14-4-6-26-27(14)15/h3-5,7-9,26H,6H2,1-2H3,(H,25,28). The Labute approximate surface area is 158 Å². The summed E-state index contributed by atoms with van der Waals surface area (Å²) in [7, 11) is 0. The fourth-order valence-electron chi connectivity index (χ4n) is 3.40. The van der Waals surface area contributed by atoms with E-state index >= 15 is 0 Å². The fourth-order valence-corrected chi connectivity index (χ4v) is 3.40. The van der Waals surface area contributed by atoms with E-state index in [1.54, 1.807) is 36.3 Å². The largest absolute Gasteiger partial charge is 0.418 e. The highest BCUT2D eigenvalue weighted by atomic mass is 19.4. The summed E-state index contributed by atoms with van der Waals surface area (Å²) in [6, 6.07) is 3.36. The molecule has 2 aliphatic heterocycles. The third-order valence-electron chi connectivity index (χ3n) is 4.67. The predicted octanol–water partition coefficient (Wildman–Crippen LogP) is 2.91. The summed E-state index contributed by atoms with van der Waals surface area (Å²) < 4.78 is 40.5. The number of hydrogen-bond acceptors (Lipinski definition) is 5. The van der Waals surface area contributed by atoms with Gasteiger partial charge < -0.3 is 5.32 Å². The molecule has 0 spiro atoms. The quantitative estimate of drug-likeness (QED) is 0.829. The zero-order valence-electron chi connectivity index (χ0n) is 15.1. The third-order valence-corrected chi connectivity index (χ3v) is 4.67. The second-order valence-electron chi connectivity index (χ2n) is 6.49. The van der Waals surface area contributed by atoms with Crippen molar-refractivity contribution in [3.05, 3.63) is 65.0 Å². The van der Waals surface area contributed by atoms with Gasteiger partial charge in [-0.1, -0.05) is 0 Å². The van der Waals surface area contributed by atoms with E-state index in [0.717, 1.165) is 6.20 Å². The highest BCUT2D eigenvalue weighted by molar-refractivity contribution is 5.99. The van der Waals surface area contributed by atoms with Gasteiger partial charge in [0.2, 0.25) is 0 Å². The molecule has 4 heterocycles. The summed E-state index contributed by atoms with van der Waals surface area (Å²) >= 11 is 0. The van der Waals surface area contributed by atoms with Crippen molar-refractivity contribution in [3.63, 3.8) is 0 Å². The Bertz CT molecular complexity index is 1040. The van der Waals surface area contributed by atoms with Crippen LogP contribution < -0.4 is 10.7 Å². The Balaban J connectivity index is 1.97. The molecule has 2 aliphatic rings. The van der Waals surface area contributed by atoms with Crippen LogP contribution >= 0.6 is 0 Å². The number of carbonyl (C=O) groups is 1. The highest BCUT2D eigenvalue weighted by Gasteiger charge is 2.37. The van der Waals surface area contributed by atoms with Crippen LogP contribution in [0, 0.1) is 13.8 Å². The maximum absolute atomic E-state index is 13.5. The number of hydrogen-bond donors (Lipinski definition) is 2. The van der Waals surface area contributed by atoms with Crippen molar-refractivity contribution in [2.45, 2.75) is 20.0 Å². The molecule has 6 nitrogen and oxygen atoms in total. The molecule has 2 aromatic rings. The zero-order valence-corrected chi connectivity index (χ0v) is 15.1. The molecule has 0 atom stereocenters. The topological polar surface area (TPSA) is 70.2 Å². The molecule has 0 radical (unpaired) electrons. The van der Waals surface area contributed by atoms with Crippen molar-refractivity contribution in [1.29, 1.82) is 0 Å². The van der Waals surface area contributed by atoms with Gasteiger partial charge in [0, 0.05) is 36.4 Å². The number of aromatic nitrogens is 2. The van der Waals surface area contributed by atoms with Crippen LogP contribution in [0.1, 0.15) is 22.5 Å². The molecule has 0 saturated carbocycles. The van der Waals surface area contributed by atoms with Crippen LogP contribution in [0.15, 0.2) is 42.5 Å². The van der Waals surface area contributed by atoms with E-state index in [1.807, 2.05) is 0 Å². The number of amides is 1. The van der Waals surface area contributed by atoms with Gasteiger partial charge in [-0.25, -0.2) is 5.43 Å². The summed E-state index contributed by atoms with van der Waals surface area (Å²) in [6.07, 6.45) is 1.00. The number of rotatable bonds is 2. The van der Waals surface area contributed by atoms with E-state index in [4.69, 9.17) is 0 Å². The number of fused-ring (bicyclic) bond motifs is 1. The molecule has 0 bridgehead atoms. The van der Waals surface area contributed by atoms with Crippen molar-refractivity contribution in [2.75, 3.05) is 6.54 Å². The third kappa shape index (κ3) is 2.93. The first kappa shape index (κ1) is 18.2. The lowest BCUT2D eigenvalue weighted by atomic mass is 9.94.